The van der Waals surface area contributed by atoms with Crippen LogP contribution in [0.5, 0.6) is 0 Å². The van der Waals surface area contributed by atoms with E-state index in [0.29, 0.717) is 18.5 Å². The van der Waals surface area contributed by atoms with Gasteiger partial charge in [0.05, 0.1) is 18.8 Å². The average Bonchev–Trinajstić information content (AvgIpc) is 3.38. The summed E-state index contributed by atoms with van der Waals surface area (Å²) in [5.74, 6) is -0.783. The molecule has 2 heterocycles. The predicted molar refractivity (Wildman–Crippen MR) is 162 cm³/mol. The van der Waals surface area contributed by atoms with Gasteiger partial charge in [-0.2, -0.15) is 0 Å². The minimum atomic E-state index is -1.36. The number of aromatic nitrogens is 3. The molecule has 2 aromatic rings. The van der Waals surface area contributed by atoms with Crippen molar-refractivity contribution in [1.29, 1.82) is 0 Å². The standard InChI is InChI=1S/C32H39Cl2N3O6/c1-18-11-13-32-16-23(42-5)25(38)31(32,4)30(18,3)24(43-27(39)26(33)34)15-22(19(32)2)20-12-14-35-28(40)37(29(41)36(35)17-20)21-9-7-6-8-10-21/h6-10,12,18-19,22-24,26H,11,13-17H2,1-5H3/t18?,19-,22+,23-,24+,30-,31-,32-/m0/s1. The molecule has 1 aromatic heterocycles. The zero-order chi connectivity index (χ0) is 31.1. The molecule has 0 amide bonds. The van der Waals surface area contributed by atoms with Gasteiger partial charge in [0, 0.05) is 17.9 Å². The number of Topliss-reactive ketones (excluding diaryl/α,β-unsaturated/α-hetero) is 1. The number of para-hydroxylation sites is 1. The Balaban J connectivity index is 1.48. The molecule has 3 saturated carbocycles. The van der Waals surface area contributed by atoms with Gasteiger partial charge in [0.15, 0.2) is 5.78 Å². The first-order valence-electron chi connectivity index (χ1n) is 15.1. The molecule has 3 fully saturated rings. The molecule has 0 radical (unpaired) electrons. The summed E-state index contributed by atoms with van der Waals surface area (Å²) < 4.78 is 16.1. The summed E-state index contributed by atoms with van der Waals surface area (Å²) in [6.45, 7) is 8.93. The van der Waals surface area contributed by atoms with Crippen LogP contribution in [-0.2, 0) is 32.2 Å². The molecule has 1 aliphatic heterocycles. The van der Waals surface area contributed by atoms with Crippen molar-refractivity contribution in [3.63, 3.8) is 0 Å². The Kier molecular flexibility index (Phi) is 7.41. The van der Waals surface area contributed by atoms with E-state index in [1.807, 2.05) is 12.1 Å². The van der Waals surface area contributed by atoms with E-state index in [1.54, 1.807) is 31.4 Å². The van der Waals surface area contributed by atoms with Crippen LogP contribution < -0.4 is 11.4 Å². The van der Waals surface area contributed by atoms with Crippen molar-refractivity contribution in [1.82, 2.24) is 13.9 Å². The Morgan fingerprint density at radius 1 is 1.05 bits per heavy atom. The Morgan fingerprint density at radius 2 is 1.72 bits per heavy atom. The molecule has 9 nitrogen and oxygen atoms in total. The molecule has 3 aliphatic carbocycles. The monoisotopic (exact) mass is 631 g/mol. The maximum absolute atomic E-state index is 14.4. The van der Waals surface area contributed by atoms with Crippen molar-refractivity contribution in [3.05, 3.63) is 62.9 Å². The highest BCUT2D eigenvalue weighted by molar-refractivity contribution is 6.52. The van der Waals surface area contributed by atoms with E-state index in [-0.39, 0.29) is 36.6 Å². The number of alkyl halides is 2. The lowest BCUT2D eigenvalue weighted by molar-refractivity contribution is -0.197. The topological polar surface area (TPSA) is 102 Å². The molecule has 0 saturated heterocycles. The zero-order valence-electron chi connectivity index (χ0n) is 25.2. The third kappa shape index (κ3) is 3.99. The Hall–Kier alpha value is -2.62. The molecular weight excluding hydrogens is 593 g/mol. The van der Waals surface area contributed by atoms with Crippen molar-refractivity contribution >= 4 is 35.0 Å². The first-order valence-corrected chi connectivity index (χ1v) is 15.9. The number of benzene rings is 1. The molecule has 0 N–H and O–H groups in total. The molecule has 0 spiro atoms. The van der Waals surface area contributed by atoms with Gasteiger partial charge < -0.3 is 9.47 Å². The van der Waals surface area contributed by atoms with Crippen molar-refractivity contribution < 1.29 is 19.1 Å². The van der Waals surface area contributed by atoms with Gasteiger partial charge in [-0.25, -0.2) is 28.3 Å². The molecule has 1 aromatic carbocycles. The second kappa shape index (κ2) is 10.5. The van der Waals surface area contributed by atoms with Crippen LogP contribution in [0.15, 0.2) is 51.6 Å². The van der Waals surface area contributed by atoms with Gasteiger partial charge >= 0.3 is 17.3 Å². The second-order valence-corrected chi connectivity index (χ2v) is 14.4. The normalized spacial score (nSPS) is 37.0. The van der Waals surface area contributed by atoms with Gasteiger partial charge in [0.25, 0.3) is 0 Å². The number of fused-ring (bicyclic) bond motifs is 1. The summed E-state index contributed by atoms with van der Waals surface area (Å²) in [5.41, 5.74) is -1.30. The number of allylic oxidation sites excluding steroid dienone is 2. The first-order chi connectivity index (χ1) is 20.3. The Morgan fingerprint density at radius 3 is 2.37 bits per heavy atom. The van der Waals surface area contributed by atoms with Crippen molar-refractivity contribution in [2.75, 3.05) is 7.11 Å². The number of ketones is 1. The largest absolute Gasteiger partial charge is 0.460 e. The molecule has 11 heteroatoms. The Labute approximate surface area is 260 Å². The maximum Gasteiger partial charge on any atom is 0.352 e. The number of ether oxygens (including phenoxy) is 2. The quantitative estimate of drug-likeness (QED) is 0.273. The van der Waals surface area contributed by atoms with Gasteiger partial charge in [-0.3, -0.25) is 4.79 Å². The van der Waals surface area contributed by atoms with Crippen LogP contribution in [0, 0.1) is 34.0 Å². The molecule has 8 atom stereocenters. The fourth-order valence-corrected chi connectivity index (χ4v) is 9.67. The zero-order valence-corrected chi connectivity index (χ0v) is 26.7. The first kappa shape index (κ1) is 30.4. The van der Waals surface area contributed by atoms with Crippen LogP contribution in [0.4, 0.5) is 0 Å². The summed E-state index contributed by atoms with van der Waals surface area (Å²) in [6.07, 6.45) is 3.53. The number of hydrogen-bond donors (Lipinski definition) is 0. The molecule has 1 unspecified atom stereocenters. The number of rotatable bonds is 5. The van der Waals surface area contributed by atoms with Crippen LogP contribution >= 0.6 is 23.2 Å². The number of esters is 1. The fraction of sp³-hybridized carbons (Fsp3) is 0.625. The third-order valence-corrected chi connectivity index (χ3v) is 12.6. The third-order valence-electron chi connectivity index (χ3n) is 12.3. The summed E-state index contributed by atoms with van der Waals surface area (Å²) >= 11 is 12.0. The van der Waals surface area contributed by atoms with E-state index in [2.05, 4.69) is 27.7 Å². The van der Waals surface area contributed by atoms with E-state index in [1.165, 1.54) is 13.9 Å². The van der Waals surface area contributed by atoms with Gasteiger partial charge in [0.2, 0.25) is 4.84 Å². The van der Waals surface area contributed by atoms with Crippen LogP contribution in [0.1, 0.15) is 53.4 Å². The summed E-state index contributed by atoms with van der Waals surface area (Å²) in [4.78, 5) is 53.0. The smallest absolute Gasteiger partial charge is 0.352 e. The lowest BCUT2D eigenvalue weighted by Gasteiger charge is -2.61. The highest BCUT2D eigenvalue weighted by atomic mass is 35.5. The van der Waals surface area contributed by atoms with Crippen LogP contribution in [0.2, 0.25) is 0 Å². The average molecular weight is 633 g/mol. The highest BCUT2D eigenvalue weighted by Crippen LogP contribution is 2.75. The lowest BCUT2D eigenvalue weighted by atomic mass is 9.41. The van der Waals surface area contributed by atoms with Crippen LogP contribution in [0.3, 0.4) is 0 Å². The number of hydrogen-bond acceptors (Lipinski definition) is 6. The van der Waals surface area contributed by atoms with Gasteiger partial charge in [-0.15, -0.1) is 0 Å². The lowest BCUT2D eigenvalue weighted by Crippen LogP contribution is -2.63. The maximum atomic E-state index is 14.4. The molecular formula is C32H39Cl2N3O6. The van der Waals surface area contributed by atoms with Crippen molar-refractivity contribution in [3.8, 4) is 5.69 Å². The molecule has 4 aliphatic rings. The number of carbonyl (C=O) groups is 2. The molecule has 232 valence electrons. The summed E-state index contributed by atoms with van der Waals surface area (Å²) in [6, 6.07) is 8.89. The number of methoxy groups -OCH3 is 1. The van der Waals surface area contributed by atoms with E-state index in [0.717, 1.165) is 18.4 Å². The van der Waals surface area contributed by atoms with Crippen LogP contribution in [0.25, 0.3) is 5.69 Å². The molecule has 2 bridgehead atoms. The number of carbonyl (C=O) groups excluding carboxylic acids is 2. The minimum absolute atomic E-state index is 0.0173. The minimum Gasteiger partial charge on any atom is -0.460 e. The number of halogens is 2. The molecule has 43 heavy (non-hydrogen) atoms. The van der Waals surface area contributed by atoms with Crippen molar-refractivity contribution in [2.24, 2.45) is 34.0 Å². The predicted octanol–water partition coefficient (Wildman–Crippen LogP) is 4.53. The summed E-state index contributed by atoms with van der Waals surface area (Å²) in [7, 11) is 1.58. The summed E-state index contributed by atoms with van der Waals surface area (Å²) in [5, 5.41) is 0. The number of nitrogens with zero attached hydrogens (tertiary/aromatic N) is 3. The van der Waals surface area contributed by atoms with E-state index < -0.39 is 50.6 Å². The van der Waals surface area contributed by atoms with Crippen molar-refractivity contribution in [2.45, 2.75) is 83.5 Å². The molecule has 6 rings (SSSR count). The van der Waals surface area contributed by atoms with E-state index >= 15 is 0 Å². The van der Waals surface area contributed by atoms with Crippen LogP contribution in [-0.4, -0.2) is 49.8 Å². The second-order valence-electron chi connectivity index (χ2n) is 13.3. The SMILES string of the molecule is CO[C@H]1C[C@@]23CCC(C)[C@@](C)([C@H](OC(=O)C(Cl)Cl)C[C@@H](C4=CCn5c(=O)n(-c6ccccc6)c(=O)n5C4)[C@@H]2C)[C@]3(C)C1=O. The van der Waals surface area contributed by atoms with Gasteiger partial charge in [-0.1, -0.05) is 75.2 Å². The van der Waals surface area contributed by atoms with Gasteiger partial charge in [0.1, 0.15) is 12.2 Å². The fourth-order valence-electron chi connectivity index (χ4n) is 9.57. The highest BCUT2D eigenvalue weighted by Gasteiger charge is 2.76. The van der Waals surface area contributed by atoms with E-state index in [4.69, 9.17) is 32.7 Å². The van der Waals surface area contributed by atoms with Gasteiger partial charge in [-0.05, 0) is 66.6 Å². The Bertz CT molecular complexity index is 1610. The van der Waals surface area contributed by atoms with E-state index in [9.17, 15) is 19.2 Å².